The van der Waals surface area contributed by atoms with Crippen molar-refractivity contribution in [2.75, 3.05) is 6.54 Å². The van der Waals surface area contributed by atoms with Gasteiger partial charge in [0.05, 0.1) is 0 Å². The van der Waals surface area contributed by atoms with Crippen LogP contribution in [0.15, 0.2) is 0 Å². The van der Waals surface area contributed by atoms with Crippen molar-refractivity contribution in [2.45, 2.75) is 19.8 Å². The van der Waals surface area contributed by atoms with Gasteiger partial charge < -0.3 is 0 Å². The highest BCUT2D eigenvalue weighted by atomic mass is 35.9. The SMILES string of the molecule is CCCCNP(Cl)Cl. The average Bonchev–Trinajstić information content (AvgIpc) is 1.66. The average molecular weight is 174 g/mol. The van der Waals surface area contributed by atoms with Crippen LogP contribution in [0.4, 0.5) is 0 Å². The highest BCUT2D eigenvalue weighted by Gasteiger charge is 1.93. The molecule has 1 N–H and O–H groups in total. The van der Waals surface area contributed by atoms with E-state index in [1.165, 1.54) is 6.42 Å². The van der Waals surface area contributed by atoms with Crippen LogP contribution in [0.1, 0.15) is 19.8 Å². The molecule has 4 heteroatoms. The molecular weight excluding hydrogens is 164 g/mol. The molecule has 0 aliphatic carbocycles. The van der Waals surface area contributed by atoms with Gasteiger partial charge in [-0.1, -0.05) is 35.8 Å². The maximum absolute atomic E-state index is 5.43. The Kier molecular flexibility index (Phi) is 6.83. The molecule has 0 amide bonds. The predicted octanol–water partition coefficient (Wildman–Crippen LogP) is 3.08. The van der Waals surface area contributed by atoms with Gasteiger partial charge in [-0.05, 0) is 6.42 Å². The van der Waals surface area contributed by atoms with Crippen LogP contribution in [-0.4, -0.2) is 6.54 Å². The van der Waals surface area contributed by atoms with E-state index in [4.69, 9.17) is 22.5 Å². The Balaban J connectivity index is 2.72. The monoisotopic (exact) mass is 173 g/mol. The Labute approximate surface area is 61.1 Å². The van der Waals surface area contributed by atoms with Crippen molar-refractivity contribution in [1.29, 1.82) is 0 Å². The molecule has 0 aromatic heterocycles. The fourth-order valence-electron chi connectivity index (χ4n) is 0.340. The van der Waals surface area contributed by atoms with E-state index in [0.29, 0.717) is 0 Å². The van der Waals surface area contributed by atoms with Gasteiger partial charge in [0.1, 0.15) is 0 Å². The molecule has 0 aromatic rings. The second kappa shape index (κ2) is 6.10. The third-order valence-corrected chi connectivity index (χ3v) is 1.94. The van der Waals surface area contributed by atoms with Gasteiger partial charge in [0.25, 0.3) is 0 Å². The topological polar surface area (TPSA) is 12.0 Å². The third-order valence-electron chi connectivity index (χ3n) is 0.762. The molecule has 0 rings (SSSR count). The summed E-state index contributed by atoms with van der Waals surface area (Å²) in [6, 6.07) is 0. The minimum atomic E-state index is -0.918. The van der Waals surface area contributed by atoms with E-state index in [9.17, 15) is 0 Å². The molecule has 0 unspecified atom stereocenters. The summed E-state index contributed by atoms with van der Waals surface area (Å²) in [5, 5.41) is 2.94. The van der Waals surface area contributed by atoms with E-state index in [1.807, 2.05) is 0 Å². The van der Waals surface area contributed by atoms with Crippen molar-refractivity contribution in [1.82, 2.24) is 5.09 Å². The van der Waals surface area contributed by atoms with Crippen molar-refractivity contribution in [3.05, 3.63) is 0 Å². The van der Waals surface area contributed by atoms with Crippen LogP contribution in [0.5, 0.6) is 0 Å². The largest absolute Gasteiger partial charge is 0.271 e. The first-order chi connectivity index (χ1) is 3.77. The minimum Gasteiger partial charge on any atom is -0.271 e. The van der Waals surface area contributed by atoms with Crippen LogP contribution in [-0.2, 0) is 0 Å². The van der Waals surface area contributed by atoms with Gasteiger partial charge in [-0.2, -0.15) is 0 Å². The molecule has 0 fully saturated rings. The maximum Gasteiger partial charge on any atom is 0.157 e. The van der Waals surface area contributed by atoms with Crippen LogP contribution < -0.4 is 5.09 Å². The van der Waals surface area contributed by atoms with Crippen LogP contribution in [0.2, 0.25) is 0 Å². The molecule has 50 valence electrons. The number of unbranched alkanes of at least 4 members (excludes halogenated alkanes) is 1. The summed E-state index contributed by atoms with van der Waals surface area (Å²) < 4.78 is 0. The van der Waals surface area contributed by atoms with Crippen LogP contribution in [0.3, 0.4) is 0 Å². The standard InChI is InChI=1S/C4H10Cl2NP/c1-2-3-4-7-8(5)6/h7H,2-4H2,1H3. The van der Waals surface area contributed by atoms with Crippen LogP contribution >= 0.6 is 29.3 Å². The summed E-state index contributed by atoms with van der Waals surface area (Å²) in [5.74, 6) is 0. The van der Waals surface area contributed by atoms with E-state index in [-0.39, 0.29) is 0 Å². The number of halogens is 2. The Morgan fingerprint density at radius 3 is 2.50 bits per heavy atom. The summed E-state index contributed by atoms with van der Waals surface area (Å²) in [4.78, 5) is 0. The smallest absolute Gasteiger partial charge is 0.157 e. The molecule has 0 aromatic carbocycles. The second-order valence-corrected chi connectivity index (χ2v) is 4.82. The summed E-state index contributed by atoms with van der Waals surface area (Å²) in [6.07, 6.45) is 2.34. The van der Waals surface area contributed by atoms with Gasteiger partial charge in [0.15, 0.2) is 6.78 Å². The summed E-state index contributed by atoms with van der Waals surface area (Å²) >= 11 is 10.9. The summed E-state index contributed by atoms with van der Waals surface area (Å²) in [5.41, 5.74) is 0. The normalized spacial score (nSPS) is 10.5. The van der Waals surface area contributed by atoms with Crippen LogP contribution in [0, 0.1) is 0 Å². The summed E-state index contributed by atoms with van der Waals surface area (Å²) in [7, 11) is 0. The fraction of sp³-hybridized carbons (Fsp3) is 1.00. The van der Waals surface area contributed by atoms with Gasteiger partial charge >= 0.3 is 0 Å². The second-order valence-electron chi connectivity index (χ2n) is 1.49. The third kappa shape index (κ3) is 6.97. The highest BCUT2D eigenvalue weighted by molar-refractivity contribution is 8.02. The van der Waals surface area contributed by atoms with E-state index < -0.39 is 6.78 Å². The van der Waals surface area contributed by atoms with Gasteiger partial charge in [0.2, 0.25) is 0 Å². The van der Waals surface area contributed by atoms with E-state index in [0.717, 1.165) is 13.0 Å². The molecule has 0 atom stereocenters. The van der Waals surface area contributed by atoms with E-state index >= 15 is 0 Å². The Morgan fingerprint density at radius 2 is 2.12 bits per heavy atom. The lowest BCUT2D eigenvalue weighted by Crippen LogP contribution is -2.02. The number of hydrogen-bond donors (Lipinski definition) is 1. The molecular formula is C4H10Cl2NP. The Bertz CT molecular complexity index is 51.3. The quantitative estimate of drug-likeness (QED) is 0.510. The highest BCUT2D eigenvalue weighted by Crippen LogP contribution is 2.41. The molecule has 0 heterocycles. The Hall–Kier alpha value is 0.970. The molecule has 0 aliphatic rings. The van der Waals surface area contributed by atoms with Crippen molar-refractivity contribution < 1.29 is 0 Å². The number of rotatable bonds is 4. The van der Waals surface area contributed by atoms with Gasteiger partial charge in [-0.3, -0.25) is 5.09 Å². The number of nitrogens with one attached hydrogen (secondary N) is 1. The van der Waals surface area contributed by atoms with Gasteiger partial charge in [0, 0.05) is 6.54 Å². The zero-order valence-corrected chi connectivity index (χ0v) is 7.23. The van der Waals surface area contributed by atoms with Crippen molar-refractivity contribution in [2.24, 2.45) is 0 Å². The molecule has 8 heavy (non-hydrogen) atoms. The zero-order valence-electron chi connectivity index (χ0n) is 4.82. The predicted molar refractivity (Wildman–Crippen MR) is 41.5 cm³/mol. The van der Waals surface area contributed by atoms with E-state index in [2.05, 4.69) is 12.0 Å². The zero-order chi connectivity index (χ0) is 6.41. The molecule has 0 aliphatic heterocycles. The fourth-order valence-corrected chi connectivity index (χ4v) is 1.17. The Morgan fingerprint density at radius 1 is 1.50 bits per heavy atom. The molecule has 0 saturated heterocycles. The first-order valence-corrected chi connectivity index (χ1v) is 5.77. The molecule has 0 spiro atoms. The van der Waals surface area contributed by atoms with Gasteiger partial charge in [-0.25, -0.2) is 0 Å². The van der Waals surface area contributed by atoms with Crippen molar-refractivity contribution >= 4 is 29.3 Å². The lowest BCUT2D eigenvalue weighted by molar-refractivity contribution is 0.775. The first kappa shape index (κ1) is 8.97. The number of hydrogen-bond acceptors (Lipinski definition) is 1. The molecule has 1 nitrogen and oxygen atoms in total. The summed E-state index contributed by atoms with van der Waals surface area (Å²) in [6.45, 7) is 2.15. The first-order valence-electron chi connectivity index (χ1n) is 2.62. The van der Waals surface area contributed by atoms with Gasteiger partial charge in [-0.15, -0.1) is 0 Å². The lowest BCUT2D eigenvalue weighted by Gasteiger charge is -2.00. The minimum absolute atomic E-state index is 0.918. The van der Waals surface area contributed by atoms with E-state index in [1.54, 1.807) is 0 Å². The molecule has 0 saturated carbocycles. The maximum atomic E-state index is 5.43. The van der Waals surface area contributed by atoms with Crippen molar-refractivity contribution in [3.63, 3.8) is 0 Å². The lowest BCUT2D eigenvalue weighted by atomic mass is 10.3. The van der Waals surface area contributed by atoms with Crippen molar-refractivity contribution in [3.8, 4) is 0 Å². The molecule has 0 radical (unpaired) electrons. The van der Waals surface area contributed by atoms with Crippen LogP contribution in [0.25, 0.3) is 0 Å². The molecule has 0 bridgehead atoms.